The van der Waals surface area contributed by atoms with Crippen molar-refractivity contribution in [2.75, 3.05) is 6.54 Å². The van der Waals surface area contributed by atoms with Crippen molar-refractivity contribution in [3.8, 4) is 0 Å². The van der Waals surface area contributed by atoms with Crippen LogP contribution in [-0.4, -0.2) is 16.1 Å². The fraction of sp³-hybridized carbons (Fsp3) is 0.357. The van der Waals surface area contributed by atoms with Gasteiger partial charge in [0.1, 0.15) is 0 Å². The van der Waals surface area contributed by atoms with Gasteiger partial charge in [-0.3, -0.25) is 0 Å². The normalized spacial score (nSPS) is 12.6. The largest absolute Gasteiger partial charge is 0.337 e. The number of imidazole rings is 1. The lowest BCUT2D eigenvalue weighted by molar-refractivity contribution is 0.445. The van der Waals surface area contributed by atoms with Gasteiger partial charge in [0.25, 0.3) is 0 Å². The SMILES string of the molecule is CC(CNCc1cc(Cl)cc(Cl)c1)Cn1ccnc1. The number of benzene rings is 1. The highest BCUT2D eigenvalue weighted by molar-refractivity contribution is 6.34. The van der Waals surface area contributed by atoms with Crippen molar-refractivity contribution >= 4 is 23.2 Å². The van der Waals surface area contributed by atoms with Gasteiger partial charge < -0.3 is 9.88 Å². The summed E-state index contributed by atoms with van der Waals surface area (Å²) in [6.07, 6.45) is 5.62. The van der Waals surface area contributed by atoms with Crippen LogP contribution in [0.25, 0.3) is 0 Å². The van der Waals surface area contributed by atoms with Crippen molar-refractivity contribution in [1.29, 1.82) is 0 Å². The summed E-state index contributed by atoms with van der Waals surface area (Å²) in [6.45, 7) is 4.87. The molecule has 0 saturated heterocycles. The van der Waals surface area contributed by atoms with Gasteiger partial charge in [0.05, 0.1) is 6.33 Å². The number of hydrogen-bond donors (Lipinski definition) is 1. The maximum Gasteiger partial charge on any atom is 0.0946 e. The monoisotopic (exact) mass is 297 g/mol. The van der Waals surface area contributed by atoms with Crippen LogP contribution < -0.4 is 5.32 Å². The van der Waals surface area contributed by atoms with Gasteiger partial charge >= 0.3 is 0 Å². The van der Waals surface area contributed by atoms with Gasteiger partial charge in [0.2, 0.25) is 0 Å². The predicted octanol–water partition coefficient (Wildman–Crippen LogP) is 3.62. The van der Waals surface area contributed by atoms with Gasteiger partial charge in [-0.05, 0) is 36.2 Å². The summed E-state index contributed by atoms with van der Waals surface area (Å²) >= 11 is 11.9. The van der Waals surface area contributed by atoms with Gasteiger partial charge in [0.15, 0.2) is 0 Å². The lowest BCUT2D eigenvalue weighted by Crippen LogP contribution is -2.23. The molecule has 1 aromatic heterocycles. The molecular formula is C14H17Cl2N3. The van der Waals surface area contributed by atoms with Crippen LogP contribution in [0, 0.1) is 5.92 Å². The first-order chi connectivity index (χ1) is 9.13. The highest BCUT2D eigenvalue weighted by atomic mass is 35.5. The Labute approximate surface area is 123 Å². The number of nitrogens with zero attached hydrogens (tertiary/aromatic N) is 2. The minimum Gasteiger partial charge on any atom is -0.337 e. The number of rotatable bonds is 6. The third-order valence-electron chi connectivity index (χ3n) is 2.83. The lowest BCUT2D eigenvalue weighted by Gasteiger charge is -2.13. The molecule has 19 heavy (non-hydrogen) atoms. The van der Waals surface area contributed by atoms with Crippen LogP contribution in [0.1, 0.15) is 12.5 Å². The first-order valence-electron chi connectivity index (χ1n) is 6.25. The topological polar surface area (TPSA) is 29.9 Å². The molecule has 1 N–H and O–H groups in total. The van der Waals surface area contributed by atoms with E-state index >= 15 is 0 Å². The fourth-order valence-corrected chi connectivity index (χ4v) is 2.57. The van der Waals surface area contributed by atoms with E-state index in [4.69, 9.17) is 23.2 Å². The van der Waals surface area contributed by atoms with Crippen molar-refractivity contribution in [1.82, 2.24) is 14.9 Å². The van der Waals surface area contributed by atoms with Crippen molar-refractivity contribution in [2.24, 2.45) is 5.92 Å². The number of hydrogen-bond acceptors (Lipinski definition) is 2. The molecule has 1 atom stereocenters. The Morgan fingerprint density at radius 3 is 2.63 bits per heavy atom. The quantitative estimate of drug-likeness (QED) is 0.883. The molecule has 102 valence electrons. The first-order valence-corrected chi connectivity index (χ1v) is 7.00. The van der Waals surface area contributed by atoms with Gasteiger partial charge in [-0.25, -0.2) is 4.98 Å². The molecule has 0 aliphatic rings. The standard InChI is InChI=1S/C14H17Cl2N3/c1-11(9-19-3-2-17-10-19)7-18-8-12-4-13(15)6-14(16)5-12/h2-6,10-11,18H,7-9H2,1H3. The molecule has 3 nitrogen and oxygen atoms in total. The van der Waals surface area contributed by atoms with Crippen molar-refractivity contribution < 1.29 is 0 Å². The van der Waals surface area contributed by atoms with E-state index in [0.717, 1.165) is 25.2 Å². The second kappa shape index (κ2) is 6.94. The first kappa shape index (κ1) is 14.4. The second-order valence-corrected chi connectivity index (χ2v) is 5.65. The van der Waals surface area contributed by atoms with E-state index in [0.29, 0.717) is 16.0 Å². The van der Waals surface area contributed by atoms with Crippen LogP contribution in [0.5, 0.6) is 0 Å². The minimum absolute atomic E-state index is 0.531. The zero-order chi connectivity index (χ0) is 13.7. The molecule has 0 aliphatic carbocycles. The van der Waals surface area contributed by atoms with Crippen LogP contribution in [0.2, 0.25) is 10.0 Å². The van der Waals surface area contributed by atoms with Crippen molar-refractivity contribution in [3.05, 3.63) is 52.5 Å². The van der Waals surface area contributed by atoms with Crippen molar-refractivity contribution in [3.63, 3.8) is 0 Å². The maximum atomic E-state index is 5.96. The van der Waals surface area contributed by atoms with Crippen LogP contribution in [-0.2, 0) is 13.1 Å². The Morgan fingerprint density at radius 2 is 2.00 bits per heavy atom. The highest BCUT2D eigenvalue weighted by Gasteiger charge is 2.03. The van der Waals surface area contributed by atoms with Crippen LogP contribution in [0.4, 0.5) is 0 Å². The fourth-order valence-electron chi connectivity index (χ4n) is 2.00. The van der Waals surface area contributed by atoms with Crippen LogP contribution >= 0.6 is 23.2 Å². The van der Waals surface area contributed by atoms with Gasteiger partial charge in [-0.1, -0.05) is 30.1 Å². The third kappa shape index (κ3) is 4.86. The Kier molecular flexibility index (Phi) is 5.25. The molecule has 0 fully saturated rings. The summed E-state index contributed by atoms with van der Waals surface area (Å²) < 4.78 is 2.09. The summed E-state index contributed by atoms with van der Waals surface area (Å²) in [7, 11) is 0. The summed E-state index contributed by atoms with van der Waals surface area (Å²) in [5.74, 6) is 0.531. The molecule has 0 radical (unpaired) electrons. The predicted molar refractivity (Wildman–Crippen MR) is 79.6 cm³/mol. The summed E-state index contributed by atoms with van der Waals surface area (Å²) in [6, 6.07) is 5.61. The number of halogens is 2. The Morgan fingerprint density at radius 1 is 1.26 bits per heavy atom. The summed E-state index contributed by atoms with van der Waals surface area (Å²) in [4.78, 5) is 4.04. The molecule has 1 heterocycles. The Balaban J connectivity index is 1.76. The molecule has 2 aromatic rings. The molecule has 0 amide bonds. The average molecular weight is 298 g/mol. The number of aromatic nitrogens is 2. The van der Waals surface area contributed by atoms with Gasteiger partial charge in [0, 0.05) is 35.5 Å². The maximum absolute atomic E-state index is 5.96. The zero-order valence-electron chi connectivity index (χ0n) is 10.8. The van der Waals surface area contributed by atoms with E-state index < -0.39 is 0 Å². The van der Waals surface area contributed by atoms with E-state index in [1.54, 1.807) is 12.3 Å². The summed E-state index contributed by atoms with van der Waals surface area (Å²) in [5.41, 5.74) is 1.10. The number of nitrogens with one attached hydrogen (secondary N) is 1. The zero-order valence-corrected chi connectivity index (χ0v) is 12.3. The van der Waals surface area contributed by atoms with E-state index in [1.807, 2.05) is 24.7 Å². The molecule has 1 aromatic carbocycles. The highest BCUT2D eigenvalue weighted by Crippen LogP contribution is 2.18. The average Bonchev–Trinajstić information content (AvgIpc) is 2.80. The summed E-state index contributed by atoms with van der Waals surface area (Å²) in [5, 5.41) is 4.77. The van der Waals surface area contributed by atoms with E-state index in [9.17, 15) is 0 Å². The molecule has 0 bridgehead atoms. The van der Waals surface area contributed by atoms with Crippen LogP contribution in [0.15, 0.2) is 36.9 Å². The third-order valence-corrected chi connectivity index (χ3v) is 3.26. The molecule has 1 unspecified atom stereocenters. The molecule has 0 aliphatic heterocycles. The lowest BCUT2D eigenvalue weighted by atomic mass is 10.1. The van der Waals surface area contributed by atoms with Crippen molar-refractivity contribution in [2.45, 2.75) is 20.0 Å². The molecular weight excluding hydrogens is 281 g/mol. The minimum atomic E-state index is 0.531. The molecule has 0 saturated carbocycles. The second-order valence-electron chi connectivity index (χ2n) is 4.77. The van der Waals surface area contributed by atoms with E-state index in [1.165, 1.54) is 0 Å². The van der Waals surface area contributed by atoms with E-state index in [2.05, 4.69) is 21.8 Å². The Hall–Kier alpha value is -1.03. The smallest absolute Gasteiger partial charge is 0.0946 e. The van der Waals surface area contributed by atoms with Gasteiger partial charge in [-0.2, -0.15) is 0 Å². The Bertz CT molecular complexity index is 491. The molecule has 5 heteroatoms. The molecule has 2 rings (SSSR count). The van der Waals surface area contributed by atoms with Crippen LogP contribution in [0.3, 0.4) is 0 Å². The molecule has 0 spiro atoms. The van der Waals surface area contributed by atoms with Gasteiger partial charge in [-0.15, -0.1) is 0 Å². The van der Waals surface area contributed by atoms with E-state index in [-0.39, 0.29) is 0 Å².